The molecule has 5 nitrogen and oxygen atoms in total. The van der Waals surface area contributed by atoms with E-state index in [9.17, 15) is 13.2 Å². The van der Waals surface area contributed by atoms with E-state index in [1.165, 1.54) is 12.1 Å². The molecule has 110 valence electrons. The molecular weight excluding hydrogens is 276 g/mol. The highest BCUT2D eigenvalue weighted by atomic mass is 32.2. The Morgan fingerprint density at radius 1 is 1.45 bits per heavy atom. The molecule has 0 aliphatic carbocycles. The average molecular weight is 296 g/mol. The molecule has 0 saturated carbocycles. The molecule has 0 bridgehead atoms. The molecule has 0 spiro atoms. The van der Waals surface area contributed by atoms with Gasteiger partial charge in [-0.15, -0.1) is 0 Å². The van der Waals surface area contributed by atoms with Crippen molar-refractivity contribution in [1.29, 1.82) is 0 Å². The normalized spacial score (nSPS) is 20.6. The van der Waals surface area contributed by atoms with Crippen molar-refractivity contribution in [2.24, 2.45) is 5.92 Å². The largest absolute Gasteiger partial charge is 0.349 e. The fourth-order valence-corrected chi connectivity index (χ4v) is 3.05. The Balaban J connectivity index is 2.09. The fourth-order valence-electron chi connectivity index (χ4n) is 2.38. The second kappa shape index (κ2) is 5.93. The van der Waals surface area contributed by atoms with Gasteiger partial charge in [0.25, 0.3) is 5.91 Å². The van der Waals surface area contributed by atoms with E-state index in [2.05, 4.69) is 10.6 Å². The lowest BCUT2D eigenvalue weighted by Gasteiger charge is -2.19. The van der Waals surface area contributed by atoms with Gasteiger partial charge in [-0.05, 0) is 50.6 Å². The van der Waals surface area contributed by atoms with Gasteiger partial charge < -0.3 is 10.6 Å². The van der Waals surface area contributed by atoms with Gasteiger partial charge in [0.2, 0.25) is 0 Å². The Labute approximate surface area is 119 Å². The van der Waals surface area contributed by atoms with E-state index in [4.69, 9.17) is 0 Å². The lowest BCUT2D eigenvalue weighted by atomic mass is 10.0. The molecule has 1 amide bonds. The van der Waals surface area contributed by atoms with Gasteiger partial charge >= 0.3 is 0 Å². The van der Waals surface area contributed by atoms with E-state index >= 15 is 0 Å². The predicted octanol–water partition coefficient (Wildman–Crippen LogP) is 0.818. The molecular formula is C14H20N2O3S. The zero-order chi connectivity index (χ0) is 14.8. The van der Waals surface area contributed by atoms with Gasteiger partial charge in [0, 0.05) is 17.9 Å². The molecule has 2 rings (SSSR count). The summed E-state index contributed by atoms with van der Waals surface area (Å²) in [6.45, 7) is 3.87. The molecule has 2 unspecified atom stereocenters. The first-order chi connectivity index (χ1) is 9.38. The summed E-state index contributed by atoms with van der Waals surface area (Å²) in [5.74, 6) is 0.201. The summed E-state index contributed by atoms with van der Waals surface area (Å²) in [5, 5.41) is 6.21. The van der Waals surface area contributed by atoms with Crippen LogP contribution in [-0.2, 0) is 9.84 Å². The number of sulfone groups is 1. The van der Waals surface area contributed by atoms with Crippen LogP contribution in [-0.4, -0.2) is 39.7 Å². The van der Waals surface area contributed by atoms with E-state index in [-0.39, 0.29) is 16.8 Å². The Morgan fingerprint density at radius 2 is 2.20 bits per heavy atom. The third-order valence-corrected chi connectivity index (χ3v) is 4.80. The monoisotopic (exact) mass is 296 g/mol. The highest BCUT2D eigenvalue weighted by molar-refractivity contribution is 7.90. The number of nitrogens with one attached hydrogen (secondary N) is 2. The first-order valence-corrected chi connectivity index (χ1v) is 8.59. The van der Waals surface area contributed by atoms with E-state index in [1.54, 1.807) is 12.1 Å². The van der Waals surface area contributed by atoms with Crippen LogP contribution in [0.15, 0.2) is 29.2 Å². The van der Waals surface area contributed by atoms with Crippen molar-refractivity contribution in [2.75, 3.05) is 19.3 Å². The Bertz CT molecular complexity index is 592. The second-order valence-corrected chi connectivity index (χ2v) is 7.33. The lowest BCUT2D eigenvalue weighted by molar-refractivity contribution is 0.0928. The number of carbonyl (C=O) groups excluding carboxylic acids is 1. The number of hydrogen-bond donors (Lipinski definition) is 2. The zero-order valence-corrected chi connectivity index (χ0v) is 12.5. The molecule has 1 aromatic carbocycles. The molecule has 1 saturated heterocycles. The van der Waals surface area contributed by atoms with Gasteiger partial charge in [0.15, 0.2) is 9.84 Å². The van der Waals surface area contributed by atoms with Crippen molar-refractivity contribution in [1.82, 2.24) is 10.6 Å². The Morgan fingerprint density at radius 3 is 2.80 bits per heavy atom. The minimum Gasteiger partial charge on any atom is -0.349 e. The molecule has 20 heavy (non-hydrogen) atoms. The Kier molecular flexibility index (Phi) is 4.45. The minimum atomic E-state index is -3.29. The first kappa shape index (κ1) is 15.0. The zero-order valence-electron chi connectivity index (χ0n) is 11.7. The summed E-state index contributed by atoms with van der Waals surface area (Å²) >= 11 is 0. The average Bonchev–Trinajstić information content (AvgIpc) is 2.91. The smallest absolute Gasteiger partial charge is 0.251 e. The second-order valence-electron chi connectivity index (χ2n) is 5.32. The highest BCUT2D eigenvalue weighted by Crippen LogP contribution is 2.15. The van der Waals surface area contributed by atoms with Crippen LogP contribution in [0.5, 0.6) is 0 Å². The van der Waals surface area contributed by atoms with Crippen molar-refractivity contribution in [3.05, 3.63) is 29.8 Å². The van der Waals surface area contributed by atoms with Crippen molar-refractivity contribution in [3.8, 4) is 0 Å². The topological polar surface area (TPSA) is 75.3 Å². The van der Waals surface area contributed by atoms with Crippen LogP contribution in [0.25, 0.3) is 0 Å². The summed E-state index contributed by atoms with van der Waals surface area (Å²) in [7, 11) is -3.29. The number of benzene rings is 1. The van der Waals surface area contributed by atoms with E-state index in [0.29, 0.717) is 11.5 Å². The minimum absolute atomic E-state index is 0.0689. The maximum atomic E-state index is 12.2. The summed E-state index contributed by atoms with van der Waals surface area (Å²) in [6.07, 6.45) is 2.18. The molecule has 1 aliphatic rings. The van der Waals surface area contributed by atoms with Crippen LogP contribution in [0, 0.1) is 5.92 Å². The van der Waals surface area contributed by atoms with Crippen molar-refractivity contribution >= 4 is 15.7 Å². The highest BCUT2D eigenvalue weighted by Gasteiger charge is 2.23. The molecule has 1 heterocycles. The van der Waals surface area contributed by atoms with Gasteiger partial charge in [-0.2, -0.15) is 0 Å². The number of carbonyl (C=O) groups is 1. The summed E-state index contributed by atoms with van der Waals surface area (Å²) in [6, 6.07) is 6.21. The van der Waals surface area contributed by atoms with Gasteiger partial charge in [-0.3, -0.25) is 4.79 Å². The fraction of sp³-hybridized carbons (Fsp3) is 0.500. The molecule has 2 N–H and O–H groups in total. The third-order valence-electron chi connectivity index (χ3n) is 3.69. The van der Waals surface area contributed by atoms with Crippen LogP contribution in [0.4, 0.5) is 0 Å². The lowest BCUT2D eigenvalue weighted by Crippen LogP contribution is -2.38. The van der Waals surface area contributed by atoms with Crippen molar-refractivity contribution in [2.45, 2.75) is 24.3 Å². The molecule has 1 aromatic rings. The summed E-state index contributed by atoms with van der Waals surface area (Å²) < 4.78 is 23.0. The summed E-state index contributed by atoms with van der Waals surface area (Å²) in [5.41, 5.74) is 0.380. The molecule has 1 fully saturated rings. The number of amides is 1. The standard InChI is InChI=1S/C14H20N2O3S/c1-10(12-6-7-15-9-12)16-14(17)11-4-3-5-13(8-11)20(2,18)19/h3-5,8,10,12,15H,6-7,9H2,1-2H3,(H,16,17). The van der Waals surface area contributed by atoms with Gasteiger partial charge in [-0.1, -0.05) is 6.07 Å². The Hall–Kier alpha value is -1.40. The van der Waals surface area contributed by atoms with Gasteiger partial charge in [0.05, 0.1) is 4.90 Å². The van der Waals surface area contributed by atoms with Crippen LogP contribution >= 0.6 is 0 Å². The van der Waals surface area contributed by atoms with Crippen molar-refractivity contribution < 1.29 is 13.2 Å². The van der Waals surface area contributed by atoms with Crippen LogP contribution in [0.2, 0.25) is 0 Å². The maximum absolute atomic E-state index is 12.2. The van der Waals surface area contributed by atoms with Crippen LogP contribution < -0.4 is 10.6 Å². The number of hydrogen-bond acceptors (Lipinski definition) is 4. The first-order valence-electron chi connectivity index (χ1n) is 6.69. The van der Waals surface area contributed by atoms with E-state index < -0.39 is 9.84 Å². The quantitative estimate of drug-likeness (QED) is 0.862. The van der Waals surface area contributed by atoms with Gasteiger partial charge in [-0.25, -0.2) is 8.42 Å². The van der Waals surface area contributed by atoms with Crippen LogP contribution in [0.1, 0.15) is 23.7 Å². The van der Waals surface area contributed by atoms with E-state index in [1.807, 2.05) is 6.92 Å². The predicted molar refractivity (Wildman–Crippen MR) is 77.5 cm³/mol. The third kappa shape index (κ3) is 3.58. The van der Waals surface area contributed by atoms with Crippen molar-refractivity contribution in [3.63, 3.8) is 0 Å². The molecule has 6 heteroatoms. The molecule has 2 atom stereocenters. The van der Waals surface area contributed by atoms with Crippen LogP contribution in [0.3, 0.4) is 0 Å². The maximum Gasteiger partial charge on any atom is 0.251 e. The van der Waals surface area contributed by atoms with E-state index in [0.717, 1.165) is 25.8 Å². The molecule has 0 aromatic heterocycles. The number of rotatable bonds is 4. The SMILES string of the molecule is CC(NC(=O)c1cccc(S(C)(=O)=O)c1)C1CCNC1. The molecule has 0 radical (unpaired) electrons. The van der Waals surface area contributed by atoms with Gasteiger partial charge in [0.1, 0.15) is 0 Å². The summed E-state index contributed by atoms with van der Waals surface area (Å²) in [4.78, 5) is 12.3. The molecule has 1 aliphatic heterocycles.